The van der Waals surface area contributed by atoms with Gasteiger partial charge in [0.2, 0.25) is 13.4 Å². The van der Waals surface area contributed by atoms with Crippen LogP contribution in [0.1, 0.15) is 125 Å². The lowest BCUT2D eigenvalue weighted by Gasteiger charge is -2.35. The third kappa shape index (κ3) is 16.6. The van der Waals surface area contributed by atoms with E-state index >= 15 is 0 Å². The Labute approximate surface area is 342 Å². The number of aromatic nitrogens is 4. The van der Waals surface area contributed by atoms with Crippen LogP contribution >= 0.6 is 7.44 Å². The molecule has 3 aromatic rings. The van der Waals surface area contributed by atoms with Crippen LogP contribution < -0.4 is 15.5 Å². The SMILES string of the molecule is CCCCCCOC(=O)C(C)(C)NP(=O)(CO[C@H](C)Cn1cnc2c(NC(=O)CCCC(=O)OCc3ccccc3)ncnc21)NC(C)(C)C(=O)OCCCCCC. The summed E-state index contributed by atoms with van der Waals surface area (Å²) in [7, 11) is -3.87. The second kappa shape index (κ2) is 24.0. The molecule has 0 fully saturated rings. The Hall–Kier alpha value is -4.24. The van der Waals surface area contributed by atoms with Gasteiger partial charge >= 0.3 is 17.9 Å². The predicted molar refractivity (Wildman–Crippen MR) is 222 cm³/mol. The van der Waals surface area contributed by atoms with Crippen LogP contribution in [0.25, 0.3) is 11.2 Å². The first-order valence-electron chi connectivity index (χ1n) is 20.4. The number of ether oxygens (including phenoxy) is 4. The second-order valence-corrected chi connectivity index (χ2v) is 17.7. The molecule has 58 heavy (non-hydrogen) atoms. The highest BCUT2D eigenvalue weighted by Gasteiger charge is 2.43. The Kier molecular flexibility index (Phi) is 19.9. The van der Waals surface area contributed by atoms with Gasteiger partial charge in [-0.25, -0.2) is 25.1 Å². The van der Waals surface area contributed by atoms with E-state index < -0.39 is 48.9 Å². The Morgan fingerprint density at radius 2 is 1.38 bits per heavy atom. The van der Waals surface area contributed by atoms with Crippen molar-refractivity contribution in [1.29, 1.82) is 0 Å². The van der Waals surface area contributed by atoms with Crippen molar-refractivity contribution in [2.75, 3.05) is 24.9 Å². The summed E-state index contributed by atoms with van der Waals surface area (Å²) in [5.41, 5.74) is -1.14. The highest BCUT2D eigenvalue weighted by Crippen LogP contribution is 2.42. The summed E-state index contributed by atoms with van der Waals surface area (Å²) in [6.07, 6.45) is 9.81. The molecule has 0 bridgehead atoms. The molecule has 0 aliphatic rings. The van der Waals surface area contributed by atoms with Crippen LogP contribution in [0, 0.1) is 0 Å². The lowest BCUT2D eigenvalue weighted by molar-refractivity contribution is -0.149. The lowest BCUT2D eigenvalue weighted by atomic mass is 10.1. The molecule has 3 rings (SSSR count). The van der Waals surface area contributed by atoms with Gasteiger partial charge in [0.15, 0.2) is 17.0 Å². The molecule has 322 valence electrons. The topological polar surface area (TPSA) is 202 Å². The van der Waals surface area contributed by atoms with E-state index in [1.807, 2.05) is 30.3 Å². The molecular weight excluding hydrogens is 765 g/mol. The van der Waals surface area contributed by atoms with Crippen molar-refractivity contribution in [2.45, 2.75) is 149 Å². The Morgan fingerprint density at radius 3 is 1.97 bits per heavy atom. The summed E-state index contributed by atoms with van der Waals surface area (Å²) >= 11 is 0. The molecule has 0 radical (unpaired) electrons. The maximum Gasteiger partial charge on any atom is 0.326 e. The normalized spacial score (nSPS) is 12.6. The summed E-state index contributed by atoms with van der Waals surface area (Å²) in [5.74, 6) is -1.68. The first-order valence-corrected chi connectivity index (χ1v) is 22.3. The fourth-order valence-electron chi connectivity index (χ4n) is 5.90. The predicted octanol–water partition coefficient (Wildman–Crippen LogP) is 7.22. The van der Waals surface area contributed by atoms with Crippen LogP contribution in [0.15, 0.2) is 43.0 Å². The number of nitrogens with one attached hydrogen (secondary N) is 3. The number of hydrogen-bond donors (Lipinski definition) is 3. The molecule has 0 saturated heterocycles. The van der Waals surface area contributed by atoms with Crippen molar-refractivity contribution in [3.05, 3.63) is 48.5 Å². The van der Waals surface area contributed by atoms with E-state index in [1.165, 1.54) is 12.7 Å². The molecule has 1 aromatic carbocycles. The number of hydrogen-bond acceptors (Lipinski definition) is 12. The van der Waals surface area contributed by atoms with E-state index in [1.54, 1.807) is 39.2 Å². The zero-order chi connectivity index (χ0) is 42.6. The minimum atomic E-state index is -3.87. The van der Waals surface area contributed by atoms with Gasteiger partial charge in [-0.05, 0) is 59.4 Å². The Morgan fingerprint density at radius 1 is 0.776 bits per heavy atom. The zero-order valence-corrected chi connectivity index (χ0v) is 36.2. The summed E-state index contributed by atoms with van der Waals surface area (Å²) in [5, 5.41) is 8.66. The average molecular weight is 830 g/mol. The highest BCUT2D eigenvalue weighted by molar-refractivity contribution is 7.59. The van der Waals surface area contributed by atoms with Gasteiger partial charge in [0.25, 0.3) is 0 Å². The van der Waals surface area contributed by atoms with Gasteiger partial charge in [-0.3, -0.25) is 23.7 Å². The van der Waals surface area contributed by atoms with Gasteiger partial charge in [-0.2, -0.15) is 0 Å². The summed E-state index contributed by atoms with van der Waals surface area (Å²) in [6.45, 7) is 13.2. The van der Waals surface area contributed by atoms with Crippen LogP contribution in [0.5, 0.6) is 0 Å². The van der Waals surface area contributed by atoms with E-state index in [-0.39, 0.29) is 50.9 Å². The van der Waals surface area contributed by atoms with Gasteiger partial charge in [0.05, 0.1) is 32.2 Å². The number of amides is 1. The van der Waals surface area contributed by atoms with Gasteiger partial charge in [-0.1, -0.05) is 82.7 Å². The third-order valence-electron chi connectivity index (χ3n) is 9.08. The van der Waals surface area contributed by atoms with Crippen LogP contribution in [0.4, 0.5) is 5.82 Å². The van der Waals surface area contributed by atoms with Crippen molar-refractivity contribution < 1.29 is 42.7 Å². The summed E-state index contributed by atoms with van der Waals surface area (Å²) in [6, 6.07) is 9.35. The molecule has 0 aliphatic heterocycles. The first kappa shape index (κ1) is 48.1. The molecule has 0 spiro atoms. The number of fused-ring (bicyclic) bond motifs is 1. The van der Waals surface area contributed by atoms with Crippen molar-refractivity contribution >= 4 is 48.2 Å². The van der Waals surface area contributed by atoms with Crippen molar-refractivity contribution in [3.8, 4) is 0 Å². The fraction of sp³-hybridized carbons (Fsp3) is 0.634. The van der Waals surface area contributed by atoms with Crippen LogP contribution in [-0.2, 0) is 55.8 Å². The standard InChI is InChI=1S/C41H64N7O9P/c1-8-10-12-17-24-54-38(51)40(4,5)46-58(53,47-41(6,7)39(52)55-25-18-13-11-9-2)30-57-31(3)26-48-29-44-35-36(42-28-43-37(35)48)45-33(49)22-19-23-34(50)56-27-32-20-15-14-16-21-32/h14-16,20-21,28-29,31H,8-13,17-19,22-27,30H2,1-7H3,(H2,46,47,53)(H,42,43,45,49)/t31-/m1/s1. The van der Waals surface area contributed by atoms with E-state index in [4.69, 9.17) is 18.9 Å². The molecule has 1 amide bonds. The fourth-order valence-corrected chi connectivity index (χ4v) is 8.54. The summed E-state index contributed by atoms with van der Waals surface area (Å²) < 4.78 is 38.9. The van der Waals surface area contributed by atoms with Crippen molar-refractivity contribution in [3.63, 3.8) is 0 Å². The zero-order valence-electron chi connectivity index (χ0n) is 35.3. The number of imidazole rings is 1. The molecule has 1 atom stereocenters. The Bertz CT molecular complexity index is 1760. The number of anilines is 1. The molecule has 2 aromatic heterocycles. The monoisotopic (exact) mass is 829 g/mol. The molecule has 3 N–H and O–H groups in total. The smallest absolute Gasteiger partial charge is 0.326 e. The second-order valence-electron chi connectivity index (χ2n) is 15.6. The molecule has 16 nitrogen and oxygen atoms in total. The largest absolute Gasteiger partial charge is 0.464 e. The number of carbonyl (C=O) groups excluding carboxylic acids is 4. The third-order valence-corrected chi connectivity index (χ3v) is 11.4. The van der Waals surface area contributed by atoms with Gasteiger partial charge in [-0.15, -0.1) is 0 Å². The van der Waals surface area contributed by atoms with Crippen LogP contribution in [0.2, 0.25) is 0 Å². The number of benzene rings is 1. The van der Waals surface area contributed by atoms with Crippen LogP contribution in [0.3, 0.4) is 0 Å². The summed E-state index contributed by atoms with van der Waals surface area (Å²) in [4.78, 5) is 64.3. The van der Waals surface area contributed by atoms with Gasteiger partial charge in [0.1, 0.15) is 30.4 Å². The van der Waals surface area contributed by atoms with E-state index in [2.05, 4.69) is 44.3 Å². The minimum absolute atomic E-state index is 0.0701. The first-order chi connectivity index (χ1) is 27.6. The molecule has 17 heteroatoms. The van der Waals surface area contributed by atoms with E-state index in [9.17, 15) is 23.7 Å². The lowest BCUT2D eigenvalue weighted by Crippen LogP contribution is -2.54. The molecule has 0 saturated carbocycles. The van der Waals surface area contributed by atoms with E-state index in [0.717, 1.165) is 56.9 Å². The van der Waals surface area contributed by atoms with Crippen molar-refractivity contribution in [2.24, 2.45) is 0 Å². The van der Waals surface area contributed by atoms with Gasteiger partial charge in [0, 0.05) is 12.8 Å². The minimum Gasteiger partial charge on any atom is -0.464 e. The molecular formula is C41H64N7O9P. The Balaban J connectivity index is 1.63. The van der Waals surface area contributed by atoms with E-state index in [0.29, 0.717) is 17.6 Å². The van der Waals surface area contributed by atoms with Crippen LogP contribution in [-0.4, -0.2) is 80.1 Å². The molecule has 0 aliphatic carbocycles. The van der Waals surface area contributed by atoms with Crippen molar-refractivity contribution in [1.82, 2.24) is 29.7 Å². The maximum atomic E-state index is 14.7. The maximum absolute atomic E-state index is 14.7. The highest BCUT2D eigenvalue weighted by atomic mass is 31.2. The average Bonchev–Trinajstić information content (AvgIpc) is 3.59. The number of carbonyl (C=O) groups is 4. The van der Waals surface area contributed by atoms with Gasteiger partial charge < -0.3 is 28.8 Å². The number of unbranched alkanes of at least 4 members (excludes halogenated alkanes) is 6. The number of nitrogens with zero attached hydrogens (tertiary/aromatic N) is 4. The molecule has 0 unspecified atom stereocenters. The number of rotatable bonds is 28. The number of esters is 3. The quantitative estimate of drug-likeness (QED) is 0.0287. The molecule has 2 heterocycles.